The van der Waals surface area contributed by atoms with Crippen LogP contribution in [0.4, 0.5) is 15.8 Å². The van der Waals surface area contributed by atoms with Crippen LogP contribution in [0.2, 0.25) is 5.02 Å². The first-order valence-corrected chi connectivity index (χ1v) is 6.09. The summed E-state index contributed by atoms with van der Waals surface area (Å²) in [7, 11) is 1.45. The molecule has 0 bridgehead atoms. The summed E-state index contributed by atoms with van der Waals surface area (Å²) in [5.74, 6) is -0.991. The van der Waals surface area contributed by atoms with Crippen molar-refractivity contribution in [2.24, 2.45) is 0 Å². The summed E-state index contributed by atoms with van der Waals surface area (Å²) < 4.78 is 18.9. The minimum absolute atomic E-state index is 0.109. The van der Waals surface area contributed by atoms with E-state index in [4.69, 9.17) is 22.1 Å². The molecule has 0 aliphatic rings. The van der Waals surface area contributed by atoms with Crippen LogP contribution < -0.4 is 15.8 Å². The normalized spacial score (nSPS) is 10.2. The first kappa shape index (κ1) is 14.1. The molecular weight excluding hydrogens is 283 g/mol. The van der Waals surface area contributed by atoms with Crippen molar-refractivity contribution in [1.29, 1.82) is 0 Å². The Morgan fingerprint density at radius 1 is 1.35 bits per heavy atom. The lowest BCUT2D eigenvalue weighted by Gasteiger charge is -2.11. The highest BCUT2D eigenvalue weighted by Crippen LogP contribution is 2.27. The van der Waals surface area contributed by atoms with Gasteiger partial charge in [0.15, 0.2) is 5.82 Å². The molecule has 6 heteroatoms. The molecule has 0 aromatic heterocycles. The second kappa shape index (κ2) is 5.79. The number of nitrogen functional groups attached to an aromatic ring is 1. The average molecular weight is 295 g/mol. The molecule has 0 saturated carbocycles. The molecular formula is C14H12ClFN2O2. The quantitative estimate of drug-likeness (QED) is 0.854. The van der Waals surface area contributed by atoms with Gasteiger partial charge in [0.05, 0.1) is 23.4 Å². The molecule has 4 nitrogen and oxygen atoms in total. The first-order valence-electron chi connectivity index (χ1n) is 5.72. The number of carbonyl (C=O) groups is 1. The summed E-state index contributed by atoms with van der Waals surface area (Å²) in [5.41, 5.74) is 6.37. The van der Waals surface area contributed by atoms with Crippen LogP contribution in [-0.4, -0.2) is 13.0 Å². The van der Waals surface area contributed by atoms with Crippen molar-refractivity contribution in [2.45, 2.75) is 0 Å². The smallest absolute Gasteiger partial charge is 0.258 e. The average Bonchev–Trinajstić information content (AvgIpc) is 2.43. The third-order valence-corrected chi connectivity index (χ3v) is 2.96. The Morgan fingerprint density at radius 2 is 2.10 bits per heavy atom. The third-order valence-electron chi connectivity index (χ3n) is 2.67. The summed E-state index contributed by atoms with van der Waals surface area (Å²) in [5, 5.41) is 2.45. The van der Waals surface area contributed by atoms with Gasteiger partial charge in [0, 0.05) is 11.8 Å². The van der Waals surface area contributed by atoms with E-state index in [0.29, 0.717) is 17.1 Å². The van der Waals surface area contributed by atoms with Gasteiger partial charge in [-0.2, -0.15) is 0 Å². The van der Waals surface area contributed by atoms with Crippen LogP contribution in [0.5, 0.6) is 5.75 Å². The molecule has 0 radical (unpaired) electrons. The number of halogens is 2. The summed E-state index contributed by atoms with van der Waals surface area (Å²) in [6, 6.07) is 8.96. The van der Waals surface area contributed by atoms with Crippen molar-refractivity contribution >= 4 is 28.9 Å². The van der Waals surface area contributed by atoms with Gasteiger partial charge in [-0.25, -0.2) is 4.39 Å². The van der Waals surface area contributed by atoms with E-state index in [1.165, 1.54) is 25.3 Å². The number of hydrogen-bond donors (Lipinski definition) is 2. The molecule has 0 heterocycles. The van der Waals surface area contributed by atoms with Gasteiger partial charge >= 0.3 is 0 Å². The maximum atomic E-state index is 13.8. The number of anilines is 2. The van der Waals surface area contributed by atoms with E-state index >= 15 is 0 Å². The Labute approximate surface area is 120 Å². The maximum absolute atomic E-state index is 13.8. The second-order valence-corrected chi connectivity index (χ2v) is 4.42. The van der Waals surface area contributed by atoms with Gasteiger partial charge in [-0.3, -0.25) is 4.79 Å². The molecule has 0 saturated heterocycles. The lowest BCUT2D eigenvalue weighted by molar-refractivity contribution is 0.102. The van der Waals surface area contributed by atoms with Crippen LogP contribution in [0.25, 0.3) is 0 Å². The fraction of sp³-hybridized carbons (Fsp3) is 0.0714. The van der Waals surface area contributed by atoms with Crippen LogP contribution in [0, 0.1) is 5.82 Å². The number of methoxy groups -OCH3 is 1. The monoisotopic (exact) mass is 294 g/mol. The minimum atomic E-state index is -0.763. The number of amides is 1. The Kier molecular flexibility index (Phi) is 4.10. The van der Waals surface area contributed by atoms with Gasteiger partial charge < -0.3 is 15.8 Å². The van der Waals surface area contributed by atoms with Gasteiger partial charge in [-0.15, -0.1) is 0 Å². The van der Waals surface area contributed by atoms with E-state index < -0.39 is 11.7 Å². The lowest BCUT2D eigenvalue weighted by atomic mass is 10.2. The van der Waals surface area contributed by atoms with Gasteiger partial charge in [-0.1, -0.05) is 17.7 Å². The van der Waals surface area contributed by atoms with Crippen molar-refractivity contribution in [1.82, 2.24) is 0 Å². The van der Waals surface area contributed by atoms with Crippen molar-refractivity contribution in [3.63, 3.8) is 0 Å². The van der Waals surface area contributed by atoms with Crippen LogP contribution in [0.1, 0.15) is 10.4 Å². The molecule has 2 aromatic rings. The zero-order valence-electron chi connectivity index (χ0n) is 10.6. The predicted octanol–water partition coefficient (Wildman–Crippen LogP) is 3.32. The molecule has 1 amide bonds. The summed E-state index contributed by atoms with van der Waals surface area (Å²) >= 11 is 5.64. The largest absolute Gasteiger partial charge is 0.494 e. The lowest BCUT2D eigenvalue weighted by Crippen LogP contribution is -2.14. The van der Waals surface area contributed by atoms with E-state index in [9.17, 15) is 9.18 Å². The second-order valence-electron chi connectivity index (χ2n) is 4.02. The first-order chi connectivity index (χ1) is 9.52. The van der Waals surface area contributed by atoms with Crippen LogP contribution in [-0.2, 0) is 0 Å². The standard InChI is InChI=1S/C14H12ClFN2O2/c1-20-12-7-8(17)5-6-11(12)18-14(19)9-3-2-4-10(15)13(9)16/h2-7H,17H2,1H3,(H,18,19). The molecule has 2 aromatic carbocycles. The Morgan fingerprint density at radius 3 is 2.80 bits per heavy atom. The van der Waals surface area contributed by atoms with E-state index in [-0.39, 0.29) is 10.6 Å². The molecule has 0 aliphatic carbocycles. The molecule has 0 aliphatic heterocycles. The number of rotatable bonds is 3. The number of nitrogens with two attached hydrogens (primary N) is 1. The van der Waals surface area contributed by atoms with E-state index in [2.05, 4.69) is 5.32 Å². The van der Waals surface area contributed by atoms with Crippen molar-refractivity contribution < 1.29 is 13.9 Å². The molecule has 104 valence electrons. The minimum Gasteiger partial charge on any atom is -0.494 e. The maximum Gasteiger partial charge on any atom is 0.258 e. The molecule has 0 atom stereocenters. The highest BCUT2D eigenvalue weighted by Gasteiger charge is 2.15. The third kappa shape index (κ3) is 2.83. The Balaban J connectivity index is 2.30. The van der Waals surface area contributed by atoms with Crippen LogP contribution in [0.15, 0.2) is 36.4 Å². The number of ether oxygens (including phenoxy) is 1. The van der Waals surface area contributed by atoms with Crippen molar-refractivity contribution in [3.8, 4) is 5.75 Å². The van der Waals surface area contributed by atoms with Crippen molar-refractivity contribution in [3.05, 3.63) is 52.8 Å². The zero-order chi connectivity index (χ0) is 14.7. The zero-order valence-corrected chi connectivity index (χ0v) is 11.4. The fourth-order valence-corrected chi connectivity index (χ4v) is 1.85. The molecule has 0 spiro atoms. The van der Waals surface area contributed by atoms with Crippen LogP contribution in [0.3, 0.4) is 0 Å². The number of nitrogens with one attached hydrogen (secondary N) is 1. The molecule has 20 heavy (non-hydrogen) atoms. The van der Waals surface area contributed by atoms with Gasteiger partial charge in [0.25, 0.3) is 5.91 Å². The van der Waals surface area contributed by atoms with Crippen LogP contribution >= 0.6 is 11.6 Å². The molecule has 3 N–H and O–H groups in total. The Bertz CT molecular complexity index is 662. The van der Waals surface area contributed by atoms with Gasteiger partial charge in [-0.05, 0) is 24.3 Å². The van der Waals surface area contributed by atoms with Crippen molar-refractivity contribution in [2.75, 3.05) is 18.2 Å². The van der Waals surface area contributed by atoms with Gasteiger partial charge in [0.1, 0.15) is 5.75 Å². The number of carbonyl (C=O) groups excluding carboxylic acids is 1. The number of hydrogen-bond acceptors (Lipinski definition) is 3. The topological polar surface area (TPSA) is 64.3 Å². The van der Waals surface area contributed by atoms with E-state index in [1.807, 2.05) is 0 Å². The summed E-state index contributed by atoms with van der Waals surface area (Å²) in [4.78, 5) is 12.0. The predicted molar refractivity (Wildman–Crippen MR) is 76.8 cm³/mol. The van der Waals surface area contributed by atoms with Gasteiger partial charge in [0.2, 0.25) is 0 Å². The molecule has 2 rings (SSSR count). The fourth-order valence-electron chi connectivity index (χ4n) is 1.68. The highest BCUT2D eigenvalue weighted by molar-refractivity contribution is 6.31. The SMILES string of the molecule is COc1cc(N)ccc1NC(=O)c1cccc(Cl)c1F. The summed E-state index contributed by atoms with van der Waals surface area (Å²) in [6.07, 6.45) is 0. The molecule has 0 fully saturated rings. The highest BCUT2D eigenvalue weighted by atomic mass is 35.5. The summed E-state index contributed by atoms with van der Waals surface area (Å²) in [6.45, 7) is 0. The molecule has 0 unspecified atom stereocenters. The van der Waals surface area contributed by atoms with E-state index in [1.54, 1.807) is 18.2 Å². The number of benzene rings is 2. The van der Waals surface area contributed by atoms with E-state index in [0.717, 1.165) is 0 Å². The Hall–Kier alpha value is -2.27.